The van der Waals surface area contributed by atoms with Gasteiger partial charge in [-0.15, -0.1) is 0 Å². The number of ether oxygens (including phenoxy) is 3. The average molecular weight is 928 g/mol. The minimum Gasteiger partial charge on any atom is -0.462 e. The summed E-state index contributed by atoms with van der Waals surface area (Å²) in [6, 6.07) is 0. The summed E-state index contributed by atoms with van der Waals surface area (Å²) in [6.45, 7) is 6.59. The van der Waals surface area contributed by atoms with Gasteiger partial charge >= 0.3 is 17.9 Å². The monoisotopic (exact) mass is 927 g/mol. The van der Waals surface area contributed by atoms with Crippen LogP contribution in [0.4, 0.5) is 0 Å². The molecule has 0 bridgehead atoms. The maximum Gasteiger partial charge on any atom is 0.306 e. The Balaban J connectivity index is 4.29. The van der Waals surface area contributed by atoms with Gasteiger partial charge in [0.2, 0.25) is 0 Å². The third kappa shape index (κ3) is 52.6. The van der Waals surface area contributed by atoms with E-state index in [9.17, 15) is 14.4 Å². The topological polar surface area (TPSA) is 78.9 Å². The Morgan fingerprint density at radius 2 is 0.576 bits per heavy atom. The van der Waals surface area contributed by atoms with E-state index in [-0.39, 0.29) is 31.1 Å². The quantitative estimate of drug-likeness (QED) is 0.0262. The Labute approximate surface area is 410 Å². The van der Waals surface area contributed by atoms with E-state index in [1.165, 1.54) is 180 Å². The Bertz CT molecular complexity index is 1110. The first-order chi connectivity index (χ1) is 32.5. The zero-order valence-electron chi connectivity index (χ0n) is 44.2. The highest BCUT2D eigenvalue weighted by molar-refractivity contribution is 5.71. The van der Waals surface area contributed by atoms with Crippen LogP contribution in [-0.2, 0) is 28.6 Å². The van der Waals surface area contributed by atoms with Crippen molar-refractivity contribution in [2.24, 2.45) is 0 Å². The number of esters is 3. The molecule has 0 rings (SSSR count). The zero-order chi connectivity index (χ0) is 47.9. The Hall–Kier alpha value is -2.37. The maximum atomic E-state index is 12.8. The van der Waals surface area contributed by atoms with Crippen molar-refractivity contribution in [1.29, 1.82) is 0 Å². The summed E-state index contributed by atoms with van der Waals surface area (Å²) in [6.07, 6.45) is 65.7. The number of rotatable bonds is 53. The van der Waals surface area contributed by atoms with Crippen LogP contribution >= 0.6 is 0 Å². The minimum atomic E-state index is -0.779. The molecule has 0 radical (unpaired) electrons. The minimum absolute atomic E-state index is 0.0765. The summed E-state index contributed by atoms with van der Waals surface area (Å²) in [4.78, 5) is 38.1. The fourth-order valence-corrected chi connectivity index (χ4v) is 8.48. The number of carbonyl (C=O) groups excluding carboxylic acids is 3. The van der Waals surface area contributed by atoms with Crippen LogP contribution in [0, 0.1) is 0 Å². The molecule has 6 nitrogen and oxygen atoms in total. The van der Waals surface area contributed by atoms with Crippen LogP contribution in [0.15, 0.2) is 36.5 Å². The van der Waals surface area contributed by atoms with Gasteiger partial charge in [-0.25, -0.2) is 0 Å². The van der Waals surface area contributed by atoms with Crippen LogP contribution < -0.4 is 0 Å². The molecular formula is C60H110O6. The van der Waals surface area contributed by atoms with Gasteiger partial charge in [-0.1, -0.05) is 256 Å². The average Bonchev–Trinajstić information content (AvgIpc) is 3.31. The lowest BCUT2D eigenvalue weighted by atomic mass is 10.0. The second-order valence-electron chi connectivity index (χ2n) is 19.6. The van der Waals surface area contributed by atoms with Crippen molar-refractivity contribution in [2.45, 2.75) is 316 Å². The lowest BCUT2D eigenvalue weighted by molar-refractivity contribution is -0.167. The van der Waals surface area contributed by atoms with Gasteiger partial charge in [0.15, 0.2) is 6.10 Å². The van der Waals surface area contributed by atoms with Crippen LogP contribution in [0.5, 0.6) is 0 Å². The summed E-state index contributed by atoms with van der Waals surface area (Å²) >= 11 is 0. The molecule has 0 aliphatic heterocycles. The molecular weight excluding hydrogens is 817 g/mol. The largest absolute Gasteiger partial charge is 0.462 e. The van der Waals surface area contributed by atoms with Gasteiger partial charge in [-0.3, -0.25) is 14.4 Å². The van der Waals surface area contributed by atoms with Crippen molar-refractivity contribution in [3.8, 4) is 0 Å². The molecule has 0 aromatic heterocycles. The summed E-state index contributed by atoms with van der Waals surface area (Å²) in [7, 11) is 0. The first kappa shape index (κ1) is 63.6. The predicted octanol–water partition coefficient (Wildman–Crippen LogP) is 19.3. The van der Waals surface area contributed by atoms with Gasteiger partial charge in [-0.2, -0.15) is 0 Å². The van der Waals surface area contributed by atoms with Crippen LogP contribution in [0.2, 0.25) is 0 Å². The fourth-order valence-electron chi connectivity index (χ4n) is 8.48. The molecule has 0 N–H and O–H groups in total. The molecule has 0 aromatic carbocycles. The van der Waals surface area contributed by atoms with Gasteiger partial charge in [-0.05, 0) is 70.6 Å². The van der Waals surface area contributed by atoms with Crippen molar-refractivity contribution in [2.75, 3.05) is 13.2 Å². The van der Waals surface area contributed by atoms with Crippen LogP contribution in [-0.4, -0.2) is 37.2 Å². The van der Waals surface area contributed by atoms with Crippen molar-refractivity contribution >= 4 is 17.9 Å². The Morgan fingerprint density at radius 3 is 0.909 bits per heavy atom. The van der Waals surface area contributed by atoms with E-state index in [1.807, 2.05) is 0 Å². The van der Waals surface area contributed by atoms with Gasteiger partial charge in [0, 0.05) is 19.3 Å². The van der Waals surface area contributed by atoms with Crippen LogP contribution in [0.25, 0.3) is 0 Å². The van der Waals surface area contributed by atoms with Gasteiger partial charge in [0.1, 0.15) is 13.2 Å². The predicted molar refractivity (Wildman–Crippen MR) is 284 cm³/mol. The molecule has 0 fully saturated rings. The number of hydrogen-bond donors (Lipinski definition) is 0. The fraction of sp³-hybridized carbons (Fsp3) is 0.850. The third-order valence-electron chi connectivity index (χ3n) is 12.8. The summed E-state index contributed by atoms with van der Waals surface area (Å²) < 4.78 is 16.8. The van der Waals surface area contributed by atoms with E-state index >= 15 is 0 Å². The molecule has 6 heteroatoms. The smallest absolute Gasteiger partial charge is 0.306 e. The molecule has 0 amide bonds. The lowest BCUT2D eigenvalue weighted by Crippen LogP contribution is -2.30. The molecule has 0 aromatic rings. The Morgan fingerprint density at radius 1 is 0.303 bits per heavy atom. The van der Waals surface area contributed by atoms with Crippen molar-refractivity contribution in [3.05, 3.63) is 36.5 Å². The van der Waals surface area contributed by atoms with Crippen LogP contribution in [0.1, 0.15) is 310 Å². The zero-order valence-corrected chi connectivity index (χ0v) is 44.2. The maximum absolute atomic E-state index is 12.8. The molecule has 0 saturated heterocycles. The highest BCUT2D eigenvalue weighted by Gasteiger charge is 2.19. The molecule has 1 atom stereocenters. The number of unbranched alkanes of at least 4 members (excludes halogenated alkanes) is 36. The Kier molecular flexibility index (Phi) is 53.2. The first-order valence-electron chi connectivity index (χ1n) is 29.0. The summed E-state index contributed by atoms with van der Waals surface area (Å²) in [5, 5.41) is 0. The molecule has 0 spiro atoms. The van der Waals surface area contributed by atoms with E-state index in [0.717, 1.165) is 89.9 Å². The van der Waals surface area contributed by atoms with Gasteiger partial charge < -0.3 is 14.2 Å². The normalized spacial score (nSPS) is 12.2. The number of allylic oxidation sites excluding steroid dienone is 6. The number of hydrogen-bond acceptors (Lipinski definition) is 6. The SMILES string of the molecule is CCC/C=C\C/C=C\CCCCCCCC(=O)OCC(COC(=O)CCCCCCCCCCCCCCCCCCCCCCC)OC(=O)CCCCCCC/C=C\CCCCCCC. The molecule has 0 aliphatic carbocycles. The molecule has 1 unspecified atom stereocenters. The first-order valence-corrected chi connectivity index (χ1v) is 29.0. The second kappa shape index (κ2) is 55.2. The van der Waals surface area contributed by atoms with Gasteiger partial charge in [0.25, 0.3) is 0 Å². The van der Waals surface area contributed by atoms with E-state index in [2.05, 4.69) is 57.2 Å². The summed E-state index contributed by atoms with van der Waals surface area (Å²) in [5.41, 5.74) is 0. The molecule has 0 heterocycles. The van der Waals surface area contributed by atoms with Crippen molar-refractivity contribution in [3.63, 3.8) is 0 Å². The molecule has 0 saturated carbocycles. The molecule has 66 heavy (non-hydrogen) atoms. The van der Waals surface area contributed by atoms with E-state index in [0.29, 0.717) is 19.3 Å². The second-order valence-corrected chi connectivity index (χ2v) is 19.6. The highest BCUT2D eigenvalue weighted by Crippen LogP contribution is 2.17. The van der Waals surface area contributed by atoms with Crippen molar-refractivity contribution < 1.29 is 28.6 Å². The van der Waals surface area contributed by atoms with E-state index in [4.69, 9.17) is 14.2 Å². The van der Waals surface area contributed by atoms with Crippen LogP contribution in [0.3, 0.4) is 0 Å². The number of carbonyl (C=O) groups is 3. The third-order valence-corrected chi connectivity index (χ3v) is 12.8. The molecule has 0 aliphatic rings. The summed E-state index contributed by atoms with van der Waals surface area (Å²) in [5.74, 6) is -0.884. The van der Waals surface area contributed by atoms with Gasteiger partial charge in [0.05, 0.1) is 0 Å². The van der Waals surface area contributed by atoms with Crippen molar-refractivity contribution in [1.82, 2.24) is 0 Å². The molecule has 386 valence electrons. The van der Waals surface area contributed by atoms with E-state index < -0.39 is 6.10 Å². The lowest BCUT2D eigenvalue weighted by Gasteiger charge is -2.18. The standard InChI is InChI=1S/C60H110O6/c1-4-7-10-13-16-19-22-25-27-28-29-30-31-32-33-36-38-41-44-47-50-53-59(62)65-56-57(55-64-58(61)52-49-46-43-40-37-34-24-21-18-15-12-9-6-3)66-60(63)54-51-48-45-42-39-35-26-23-20-17-14-11-8-5-2/h12,15,21,23-24,26,57H,4-11,13-14,16-20,22,25,27-56H2,1-3H3/b15-12-,24-21-,26-23-. The van der Waals surface area contributed by atoms with E-state index in [1.54, 1.807) is 0 Å². The highest BCUT2D eigenvalue weighted by atomic mass is 16.6.